The lowest BCUT2D eigenvalue weighted by molar-refractivity contribution is 0.296. The number of rotatable bonds is 8. The van der Waals surface area contributed by atoms with Gasteiger partial charge in [0, 0.05) is 10.9 Å². The molecule has 1 heterocycles. The van der Waals surface area contributed by atoms with Crippen molar-refractivity contribution in [2.45, 2.75) is 19.4 Å². The molecule has 112 valence electrons. The smallest absolute Gasteiger partial charge is 0.161 e. The molecule has 0 bridgehead atoms. The zero-order chi connectivity index (χ0) is 15.1. The van der Waals surface area contributed by atoms with Crippen LogP contribution in [0.3, 0.4) is 0 Å². The van der Waals surface area contributed by atoms with E-state index in [0.717, 1.165) is 23.5 Å². The van der Waals surface area contributed by atoms with Crippen molar-refractivity contribution in [2.24, 2.45) is 5.73 Å². The van der Waals surface area contributed by atoms with Gasteiger partial charge in [0.15, 0.2) is 11.5 Å². The normalized spacial score (nSPS) is 11.9. The van der Waals surface area contributed by atoms with E-state index in [0.29, 0.717) is 13.2 Å². The van der Waals surface area contributed by atoms with Crippen LogP contribution in [0.15, 0.2) is 48.4 Å². The van der Waals surface area contributed by atoms with Gasteiger partial charge in [-0.1, -0.05) is 24.8 Å². The Bertz CT molecular complexity index is 566. The number of hydrogen-bond acceptors (Lipinski definition) is 4. The first kappa shape index (κ1) is 15.6. The summed E-state index contributed by atoms with van der Waals surface area (Å²) in [5, 5.41) is 2.05. The summed E-state index contributed by atoms with van der Waals surface area (Å²) in [7, 11) is 0. The van der Waals surface area contributed by atoms with Crippen LogP contribution >= 0.6 is 11.3 Å². The molecule has 0 saturated heterocycles. The fourth-order valence-corrected chi connectivity index (χ4v) is 2.80. The van der Waals surface area contributed by atoms with Crippen LogP contribution in [0, 0.1) is 0 Å². The molecule has 0 aliphatic heterocycles. The maximum atomic E-state index is 6.24. The first-order valence-electron chi connectivity index (χ1n) is 7.03. The number of ether oxygens (including phenoxy) is 2. The molecule has 3 nitrogen and oxygen atoms in total. The minimum atomic E-state index is 0.0134. The van der Waals surface area contributed by atoms with Crippen molar-refractivity contribution in [2.75, 3.05) is 13.2 Å². The molecule has 0 amide bonds. The molecule has 21 heavy (non-hydrogen) atoms. The van der Waals surface area contributed by atoms with Gasteiger partial charge in [0.25, 0.3) is 0 Å². The second-order valence-corrected chi connectivity index (χ2v) is 5.62. The van der Waals surface area contributed by atoms with E-state index < -0.39 is 0 Å². The highest BCUT2D eigenvalue weighted by Gasteiger charge is 2.11. The molecule has 2 N–H and O–H groups in total. The van der Waals surface area contributed by atoms with E-state index in [9.17, 15) is 0 Å². The van der Waals surface area contributed by atoms with Crippen molar-refractivity contribution in [3.05, 3.63) is 58.8 Å². The molecule has 0 radical (unpaired) electrons. The highest BCUT2D eigenvalue weighted by Crippen LogP contribution is 2.30. The van der Waals surface area contributed by atoms with Crippen LogP contribution in [0.25, 0.3) is 0 Å². The Kier molecular flexibility index (Phi) is 5.84. The lowest BCUT2D eigenvalue weighted by Gasteiger charge is -2.14. The number of nitrogens with two attached hydrogens (primary N) is 1. The van der Waals surface area contributed by atoms with Crippen molar-refractivity contribution in [1.29, 1.82) is 0 Å². The largest absolute Gasteiger partial charge is 0.490 e. The van der Waals surface area contributed by atoms with Gasteiger partial charge in [-0.3, -0.25) is 0 Å². The SMILES string of the molecule is C=CCOc1ccc(CC(N)c2cccs2)cc1OCC. The van der Waals surface area contributed by atoms with E-state index in [2.05, 4.69) is 12.6 Å². The molecule has 2 rings (SSSR count). The topological polar surface area (TPSA) is 44.5 Å². The van der Waals surface area contributed by atoms with Crippen LogP contribution in [0.1, 0.15) is 23.4 Å². The van der Waals surface area contributed by atoms with Gasteiger partial charge in [0.05, 0.1) is 6.61 Å². The highest BCUT2D eigenvalue weighted by atomic mass is 32.1. The van der Waals surface area contributed by atoms with Crippen molar-refractivity contribution in [1.82, 2.24) is 0 Å². The van der Waals surface area contributed by atoms with E-state index in [1.54, 1.807) is 17.4 Å². The van der Waals surface area contributed by atoms with Gasteiger partial charge in [-0.15, -0.1) is 11.3 Å². The minimum absolute atomic E-state index is 0.0134. The summed E-state index contributed by atoms with van der Waals surface area (Å²) >= 11 is 1.69. The average Bonchev–Trinajstić information content (AvgIpc) is 3.01. The second-order valence-electron chi connectivity index (χ2n) is 4.64. The number of thiophene rings is 1. The Morgan fingerprint density at radius 2 is 2.14 bits per heavy atom. The van der Waals surface area contributed by atoms with Gasteiger partial charge in [0.2, 0.25) is 0 Å². The minimum Gasteiger partial charge on any atom is -0.490 e. The Labute approximate surface area is 130 Å². The lowest BCUT2D eigenvalue weighted by Crippen LogP contribution is -2.12. The maximum absolute atomic E-state index is 6.24. The van der Waals surface area contributed by atoms with Gasteiger partial charge in [0.1, 0.15) is 6.61 Å². The van der Waals surface area contributed by atoms with E-state index >= 15 is 0 Å². The predicted octanol–water partition coefficient (Wildman–Crippen LogP) is 3.95. The summed E-state index contributed by atoms with van der Waals surface area (Å²) in [4.78, 5) is 1.19. The predicted molar refractivity (Wildman–Crippen MR) is 88.3 cm³/mol. The molecular formula is C17H21NO2S. The molecule has 1 atom stereocenters. The monoisotopic (exact) mass is 303 g/mol. The number of benzene rings is 1. The van der Waals surface area contributed by atoms with Gasteiger partial charge in [-0.2, -0.15) is 0 Å². The zero-order valence-corrected chi connectivity index (χ0v) is 13.1. The summed E-state index contributed by atoms with van der Waals surface area (Å²) in [6.45, 7) is 6.68. The summed E-state index contributed by atoms with van der Waals surface area (Å²) in [5.41, 5.74) is 7.38. The second kappa shape index (κ2) is 7.86. The van der Waals surface area contributed by atoms with Crippen LogP contribution in [-0.2, 0) is 6.42 Å². The third-order valence-electron chi connectivity index (χ3n) is 3.03. The van der Waals surface area contributed by atoms with Crippen molar-refractivity contribution in [3.8, 4) is 11.5 Å². The summed E-state index contributed by atoms with van der Waals surface area (Å²) < 4.78 is 11.2. The fourth-order valence-electron chi connectivity index (χ4n) is 2.07. The van der Waals surface area contributed by atoms with Gasteiger partial charge < -0.3 is 15.2 Å². The molecule has 2 aromatic rings. The average molecular weight is 303 g/mol. The number of hydrogen-bond donors (Lipinski definition) is 1. The van der Waals surface area contributed by atoms with Crippen LogP contribution in [0.2, 0.25) is 0 Å². The fraction of sp³-hybridized carbons (Fsp3) is 0.294. The molecule has 0 aliphatic rings. The quantitative estimate of drug-likeness (QED) is 0.751. The van der Waals surface area contributed by atoms with Gasteiger partial charge in [-0.05, 0) is 42.5 Å². The van der Waals surface area contributed by atoms with Crippen molar-refractivity contribution < 1.29 is 9.47 Å². The standard InChI is InChI=1S/C17H21NO2S/c1-3-9-20-15-8-7-13(12-16(15)19-4-2)11-14(18)17-6-5-10-21-17/h3,5-8,10,12,14H,1,4,9,11,18H2,2H3. The third kappa shape index (κ3) is 4.34. The first-order chi connectivity index (χ1) is 10.2. The first-order valence-corrected chi connectivity index (χ1v) is 7.91. The molecule has 0 saturated carbocycles. The highest BCUT2D eigenvalue weighted by molar-refractivity contribution is 7.10. The molecule has 1 aromatic heterocycles. The van der Waals surface area contributed by atoms with Crippen molar-refractivity contribution >= 4 is 11.3 Å². The van der Waals surface area contributed by atoms with Crippen molar-refractivity contribution in [3.63, 3.8) is 0 Å². The maximum Gasteiger partial charge on any atom is 0.161 e. The molecule has 1 unspecified atom stereocenters. The summed E-state index contributed by atoms with van der Waals surface area (Å²) in [6.07, 6.45) is 2.50. The van der Waals surface area contributed by atoms with Crippen LogP contribution in [0.5, 0.6) is 11.5 Å². The summed E-state index contributed by atoms with van der Waals surface area (Å²) in [5.74, 6) is 1.50. The lowest BCUT2D eigenvalue weighted by atomic mass is 10.0. The van der Waals surface area contributed by atoms with Crippen LogP contribution in [0.4, 0.5) is 0 Å². The molecule has 4 heteroatoms. The molecule has 0 fully saturated rings. The third-order valence-corrected chi connectivity index (χ3v) is 4.03. The summed E-state index contributed by atoms with van der Waals surface area (Å²) in [6, 6.07) is 10.1. The molecule has 0 spiro atoms. The Morgan fingerprint density at radius 3 is 2.81 bits per heavy atom. The van der Waals surface area contributed by atoms with E-state index in [-0.39, 0.29) is 6.04 Å². The zero-order valence-electron chi connectivity index (χ0n) is 12.2. The van der Waals surface area contributed by atoms with Gasteiger partial charge >= 0.3 is 0 Å². The molecule has 1 aromatic carbocycles. The van der Waals surface area contributed by atoms with E-state index in [4.69, 9.17) is 15.2 Å². The van der Waals surface area contributed by atoms with E-state index in [1.165, 1.54) is 4.88 Å². The molecule has 0 aliphatic carbocycles. The van der Waals surface area contributed by atoms with Crippen LogP contribution < -0.4 is 15.2 Å². The molecular weight excluding hydrogens is 282 g/mol. The van der Waals surface area contributed by atoms with Crippen LogP contribution in [-0.4, -0.2) is 13.2 Å². The Morgan fingerprint density at radius 1 is 1.29 bits per heavy atom. The Hall–Kier alpha value is -1.78. The van der Waals surface area contributed by atoms with Gasteiger partial charge in [-0.25, -0.2) is 0 Å². The van der Waals surface area contributed by atoms with E-state index in [1.807, 2.05) is 36.6 Å². The Balaban J connectivity index is 2.12.